The minimum absolute atomic E-state index is 0.0834. The van der Waals surface area contributed by atoms with Crippen LogP contribution in [0.5, 0.6) is 0 Å². The highest BCUT2D eigenvalue weighted by molar-refractivity contribution is 9.10. The highest BCUT2D eigenvalue weighted by atomic mass is 79.9. The molecule has 0 heterocycles. The molecular formula is C16H18BrN. The van der Waals surface area contributed by atoms with Gasteiger partial charge in [0, 0.05) is 4.47 Å². The third kappa shape index (κ3) is 2.50. The molecule has 0 aromatic heterocycles. The van der Waals surface area contributed by atoms with Crippen molar-refractivity contribution in [2.75, 3.05) is 0 Å². The van der Waals surface area contributed by atoms with E-state index >= 15 is 0 Å². The van der Waals surface area contributed by atoms with Crippen LogP contribution >= 0.6 is 15.9 Å². The van der Waals surface area contributed by atoms with Crippen molar-refractivity contribution in [2.24, 2.45) is 5.73 Å². The lowest BCUT2D eigenvalue weighted by Gasteiger charge is -2.18. The Hall–Kier alpha value is -1.12. The second-order valence-corrected chi connectivity index (χ2v) is 5.61. The third-order valence-corrected chi connectivity index (χ3v) is 4.40. The summed E-state index contributed by atoms with van der Waals surface area (Å²) in [4.78, 5) is 0. The second-order valence-electron chi connectivity index (χ2n) is 4.82. The Morgan fingerprint density at radius 3 is 2.33 bits per heavy atom. The van der Waals surface area contributed by atoms with E-state index in [1.165, 1.54) is 22.3 Å². The monoisotopic (exact) mass is 303 g/mol. The molecule has 2 aromatic carbocycles. The van der Waals surface area contributed by atoms with Crippen LogP contribution in [0.4, 0.5) is 0 Å². The first-order valence-corrected chi connectivity index (χ1v) is 6.87. The number of benzene rings is 2. The molecule has 0 radical (unpaired) electrons. The van der Waals surface area contributed by atoms with Gasteiger partial charge in [-0.05, 0) is 43.0 Å². The van der Waals surface area contributed by atoms with Crippen molar-refractivity contribution in [1.29, 1.82) is 0 Å². The van der Waals surface area contributed by atoms with Gasteiger partial charge in [-0.15, -0.1) is 0 Å². The molecule has 0 saturated heterocycles. The van der Waals surface area contributed by atoms with Crippen LogP contribution in [0.2, 0.25) is 0 Å². The van der Waals surface area contributed by atoms with Gasteiger partial charge in [-0.2, -0.15) is 0 Å². The average molecular weight is 304 g/mol. The van der Waals surface area contributed by atoms with Gasteiger partial charge >= 0.3 is 0 Å². The molecule has 0 aliphatic rings. The van der Waals surface area contributed by atoms with Crippen molar-refractivity contribution in [1.82, 2.24) is 0 Å². The van der Waals surface area contributed by atoms with Crippen LogP contribution in [0.25, 0.3) is 0 Å². The zero-order valence-electron chi connectivity index (χ0n) is 11.0. The summed E-state index contributed by atoms with van der Waals surface area (Å²) in [5.41, 5.74) is 12.5. The van der Waals surface area contributed by atoms with Crippen LogP contribution in [0.15, 0.2) is 40.9 Å². The van der Waals surface area contributed by atoms with E-state index in [0.29, 0.717) is 0 Å². The lowest BCUT2D eigenvalue weighted by Crippen LogP contribution is -2.14. The molecule has 2 rings (SSSR count). The van der Waals surface area contributed by atoms with Crippen LogP contribution in [0.1, 0.15) is 33.9 Å². The zero-order chi connectivity index (χ0) is 13.3. The summed E-state index contributed by atoms with van der Waals surface area (Å²) in [5, 5.41) is 0. The maximum absolute atomic E-state index is 6.41. The van der Waals surface area contributed by atoms with Gasteiger partial charge in [0.05, 0.1) is 6.04 Å². The van der Waals surface area contributed by atoms with Crippen molar-refractivity contribution >= 4 is 15.9 Å². The minimum Gasteiger partial charge on any atom is -0.320 e. The molecule has 0 saturated carbocycles. The van der Waals surface area contributed by atoms with E-state index in [1.54, 1.807) is 0 Å². The molecule has 0 bridgehead atoms. The Bertz CT molecular complexity index is 575. The number of halogens is 1. The van der Waals surface area contributed by atoms with Gasteiger partial charge in [0.1, 0.15) is 0 Å². The summed E-state index contributed by atoms with van der Waals surface area (Å²) in [6.45, 7) is 6.30. The minimum atomic E-state index is -0.0834. The Morgan fingerprint density at radius 1 is 0.944 bits per heavy atom. The summed E-state index contributed by atoms with van der Waals surface area (Å²) >= 11 is 3.64. The molecule has 2 aromatic rings. The quantitative estimate of drug-likeness (QED) is 0.873. The smallest absolute Gasteiger partial charge is 0.0565 e. The van der Waals surface area contributed by atoms with Gasteiger partial charge in [-0.25, -0.2) is 0 Å². The van der Waals surface area contributed by atoms with E-state index in [1.807, 2.05) is 0 Å². The highest BCUT2D eigenvalue weighted by Crippen LogP contribution is 2.30. The number of nitrogens with two attached hydrogens (primary N) is 1. The van der Waals surface area contributed by atoms with E-state index in [4.69, 9.17) is 5.73 Å². The van der Waals surface area contributed by atoms with E-state index in [2.05, 4.69) is 73.1 Å². The topological polar surface area (TPSA) is 26.0 Å². The summed E-state index contributed by atoms with van der Waals surface area (Å²) in [5.74, 6) is 0. The molecular weight excluding hydrogens is 286 g/mol. The maximum atomic E-state index is 6.41. The molecule has 2 heteroatoms. The Balaban J connectivity index is 2.48. The van der Waals surface area contributed by atoms with Gasteiger partial charge < -0.3 is 5.73 Å². The first kappa shape index (κ1) is 13.3. The van der Waals surface area contributed by atoms with Crippen LogP contribution in [-0.4, -0.2) is 0 Å². The fraction of sp³-hybridized carbons (Fsp3) is 0.250. The van der Waals surface area contributed by atoms with Crippen LogP contribution in [0.3, 0.4) is 0 Å². The van der Waals surface area contributed by atoms with Crippen molar-refractivity contribution in [3.63, 3.8) is 0 Å². The molecule has 1 atom stereocenters. The summed E-state index contributed by atoms with van der Waals surface area (Å²) < 4.78 is 1.11. The van der Waals surface area contributed by atoms with E-state index < -0.39 is 0 Å². The van der Waals surface area contributed by atoms with Crippen LogP contribution in [0, 0.1) is 20.8 Å². The van der Waals surface area contributed by atoms with Crippen molar-refractivity contribution in [2.45, 2.75) is 26.8 Å². The lowest BCUT2D eigenvalue weighted by molar-refractivity contribution is 0.853. The van der Waals surface area contributed by atoms with E-state index in [9.17, 15) is 0 Å². The zero-order valence-corrected chi connectivity index (χ0v) is 12.6. The Labute approximate surface area is 117 Å². The molecule has 0 amide bonds. The summed E-state index contributed by atoms with van der Waals surface area (Å²) in [7, 11) is 0. The summed E-state index contributed by atoms with van der Waals surface area (Å²) in [6.07, 6.45) is 0. The van der Waals surface area contributed by atoms with Gasteiger partial charge in [0.25, 0.3) is 0 Å². The summed E-state index contributed by atoms with van der Waals surface area (Å²) in [6, 6.07) is 12.6. The first-order chi connectivity index (χ1) is 8.50. The van der Waals surface area contributed by atoms with Crippen molar-refractivity contribution < 1.29 is 0 Å². The maximum Gasteiger partial charge on any atom is 0.0565 e. The molecule has 1 unspecified atom stereocenters. The van der Waals surface area contributed by atoms with Gasteiger partial charge in [0.15, 0.2) is 0 Å². The molecule has 0 spiro atoms. The molecule has 94 valence electrons. The van der Waals surface area contributed by atoms with Gasteiger partial charge in [-0.3, -0.25) is 0 Å². The largest absolute Gasteiger partial charge is 0.320 e. The number of hydrogen-bond donors (Lipinski definition) is 1. The van der Waals surface area contributed by atoms with E-state index in [-0.39, 0.29) is 6.04 Å². The number of rotatable bonds is 2. The Morgan fingerprint density at radius 2 is 1.67 bits per heavy atom. The average Bonchev–Trinajstić information content (AvgIpc) is 2.32. The number of aryl methyl sites for hydroxylation is 3. The molecule has 18 heavy (non-hydrogen) atoms. The molecule has 0 aliphatic carbocycles. The molecule has 2 N–H and O–H groups in total. The lowest BCUT2D eigenvalue weighted by atomic mass is 9.94. The molecule has 0 fully saturated rings. The fourth-order valence-corrected chi connectivity index (χ4v) is 2.76. The first-order valence-electron chi connectivity index (χ1n) is 6.08. The van der Waals surface area contributed by atoms with Gasteiger partial charge in [-0.1, -0.05) is 57.9 Å². The second kappa shape index (κ2) is 5.25. The standard InChI is InChI=1S/C16H18BrN/c1-10-7-8-13(12(3)9-10)16(18)14-6-4-5-11(2)15(14)17/h4-9,16H,18H2,1-3H3. The predicted molar refractivity (Wildman–Crippen MR) is 80.8 cm³/mol. The van der Waals surface area contributed by atoms with Crippen molar-refractivity contribution in [3.05, 3.63) is 68.7 Å². The predicted octanol–water partition coefficient (Wildman–Crippen LogP) is 4.42. The number of hydrogen-bond acceptors (Lipinski definition) is 1. The Kier molecular flexibility index (Phi) is 3.88. The highest BCUT2D eigenvalue weighted by Gasteiger charge is 2.15. The van der Waals surface area contributed by atoms with Crippen LogP contribution < -0.4 is 5.73 Å². The van der Waals surface area contributed by atoms with Gasteiger partial charge in [0.2, 0.25) is 0 Å². The van der Waals surface area contributed by atoms with Crippen LogP contribution in [-0.2, 0) is 0 Å². The molecule has 0 aliphatic heterocycles. The van der Waals surface area contributed by atoms with Crippen molar-refractivity contribution in [3.8, 4) is 0 Å². The third-order valence-electron chi connectivity index (χ3n) is 3.32. The van der Waals surface area contributed by atoms with E-state index in [0.717, 1.165) is 10.0 Å². The fourth-order valence-electron chi connectivity index (χ4n) is 2.25. The molecule has 1 nitrogen and oxygen atoms in total. The SMILES string of the molecule is Cc1ccc(C(N)c2cccc(C)c2Br)c(C)c1. The normalized spacial score (nSPS) is 12.5.